The van der Waals surface area contributed by atoms with Crippen molar-refractivity contribution in [1.29, 1.82) is 0 Å². The lowest BCUT2D eigenvalue weighted by atomic mass is 9.47. The predicted octanol–water partition coefficient (Wildman–Crippen LogP) is 4.29. The van der Waals surface area contributed by atoms with Gasteiger partial charge >= 0.3 is 0 Å². The van der Waals surface area contributed by atoms with Gasteiger partial charge in [0.1, 0.15) is 0 Å². The summed E-state index contributed by atoms with van der Waals surface area (Å²) in [6, 6.07) is 0. The molecule has 3 fully saturated rings. The Morgan fingerprint density at radius 3 is 2.70 bits per heavy atom. The van der Waals surface area contributed by atoms with E-state index in [9.17, 15) is 9.90 Å². The molecule has 0 amide bonds. The summed E-state index contributed by atoms with van der Waals surface area (Å²) >= 11 is 0. The first kappa shape index (κ1) is 15.6. The lowest BCUT2D eigenvalue weighted by Crippen LogP contribution is -2.50. The highest BCUT2D eigenvalue weighted by atomic mass is 16.3. The minimum absolute atomic E-state index is 0.0983. The predicted molar refractivity (Wildman–Crippen MR) is 91.8 cm³/mol. The van der Waals surface area contributed by atoms with Crippen molar-refractivity contribution in [1.82, 2.24) is 0 Å². The van der Waals surface area contributed by atoms with Crippen molar-refractivity contribution in [3.8, 4) is 0 Å². The zero-order valence-corrected chi connectivity index (χ0v) is 14.7. The van der Waals surface area contributed by atoms with Gasteiger partial charge in [-0.25, -0.2) is 0 Å². The fourth-order valence-electron chi connectivity index (χ4n) is 7.03. The third-order valence-corrected chi connectivity index (χ3v) is 8.21. The highest BCUT2D eigenvalue weighted by Crippen LogP contribution is 2.66. The Kier molecular flexibility index (Phi) is 3.43. The van der Waals surface area contributed by atoms with Gasteiger partial charge < -0.3 is 5.11 Å². The van der Waals surface area contributed by atoms with Crippen molar-refractivity contribution in [3.63, 3.8) is 0 Å². The maximum Gasteiger partial charge on any atom is 0.178 e. The van der Waals surface area contributed by atoms with E-state index in [0.717, 1.165) is 18.3 Å². The van der Waals surface area contributed by atoms with Gasteiger partial charge in [0, 0.05) is 5.41 Å². The molecule has 0 aromatic carbocycles. The number of hydrogen-bond acceptors (Lipinski definition) is 2. The minimum Gasteiger partial charge on any atom is -0.393 e. The van der Waals surface area contributed by atoms with Crippen LogP contribution >= 0.6 is 0 Å². The number of ketones is 1. The third kappa shape index (κ3) is 2.06. The molecule has 4 rings (SSSR count). The monoisotopic (exact) mass is 314 g/mol. The summed E-state index contributed by atoms with van der Waals surface area (Å²) in [5, 5.41) is 10.3. The first-order valence-corrected chi connectivity index (χ1v) is 9.48. The van der Waals surface area contributed by atoms with Crippen molar-refractivity contribution in [3.05, 3.63) is 23.8 Å². The Morgan fingerprint density at radius 2 is 1.96 bits per heavy atom. The molecule has 4 aliphatic carbocycles. The second-order valence-electron chi connectivity index (χ2n) is 9.07. The number of fused-ring (bicyclic) bond motifs is 5. The molecular formula is C21H30O2. The summed E-state index contributed by atoms with van der Waals surface area (Å²) in [7, 11) is 0. The molecule has 0 aliphatic heterocycles. The second-order valence-corrected chi connectivity index (χ2v) is 9.07. The van der Waals surface area contributed by atoms with Gasteiger partial charge in [0.25, 0.3) is 0 Å². The van der Waals surface area contributed by atoms with Gasteiger partial charge in [-0.05, 0) is 86.7 Å². The second kappa shape index (κ2) is 5.05. The quantitative estimate of drug-likeness (QED) is 0.784. The molecule has 23 heavy (non-hydrogen) atoms. The molecule has 0 aromatic heterocycles. The zero-order chi connectivity index (χ0) is 16.4. The molecule has 0 bridgehead atoms. The smallest absolute Gasteiger partial charge is 0.178 e. The molecule has 126 valence electrons. The molecule has 3 saturated carbocycles. The summed E-state index contributed by atoms with van der Waals surface area (Å²) in [4.78, 5) is 11.8. The maximum atomic E-state index is 11.8. The SMILES string of the molecule is CC(O)[C@H]1CC[C@H]2[C@@H]3CCC4=CC(=O)C=C[C@]4(C)[C@H]3CC[C@]12C. The summed E-state index contributed by atoms with van der Waals surface area (Å²) in [5.41, 5.74) is 1.79. The lowest BCUT2D eigenvalue weighted by molar-refractivity contribution is -0.111. The van der Waals surface area contributed by atoms with E-state index in [1.165, 1.54) is 37.7 Å². The number of carbonyl (C=O) groups is 1. The number of carbonyl (C=O) groups excluding carboxylic acids is 1. The Labute approximate surface area is 140 Å². The first-order valence-electron chi connectivity index (χ1n) is 9.48. The van der Waals surface area contributed by atoms with E-state index in [-0.39, 0.29) is 17.3 Å². The van der Waals surface area contributed by atoms with Crippen molar-refractivity contribution < 1.29 is 9.90 Å². The summed E-state index contributed by atoms with van der Waals surface area (Å²) in [6.07, 6.45) is 13.0. The van der Waals surface area contributed by atoms with Crippen LogP contribution in [0.3, 0.4) is 0 Å². The van der Waals surface area contributed by atoms with Crippen molar-refractivity contribution in [2.75, 3.05) is 0 Å². The Balaban J connectivity index is 1.67. The molecule has 0 spiro atoms. The normalized spacial score (nSPS) is 49.9. The average molecular weight is 314 g/mol. The van der Waals surface area contributed by atoms with Crippen LogP contribution in [0.15, 0.2) is 23.8 Å². The Bertz CT molecular complexity index is 587. The summed E-state index contributed by atoms with van der Waals surface area (Å²) in [6.45, 7) is 6.80. The number of aliphatic hydroxyl groups is 1. The van der Waals surface area contributed by atoms with Gasteiger partial charge in [-0.15, -0.1) is 0 Å². The summed E-state index contributed by atoms with van der Waals surface area (Å²) in [5.74, 6) is 2.84. The summed E-state index contributed by atoms with van der Waals surface area (Å²) < 4.78 is 0. The van der Waals surface area contributed by atoms with Gasteiger partial charge in [-0.1, -0.05) is 25.5 Å². The van der Waals surface area contributed by atoms with E-state index in [4.69, 9.17) is 0 Å². The largest absolute Gasteiger partial charge is 0.393 e. The topological polar surface area (TPSA) is 37.3 Å². The minimum atomic E-state index is -0.177. The van der Waals surface area contributed by atoms with Crippen LogP contribution in [0.2, 0.25) is 0 Å². The van der Waals surface area contributed by atoms with Gasteiger partial charge in [0.2, 0.25) is 0 Å². The lowest BCUT2D eigenvalue weighted by Gasteiger charge is -2.57. The zero-order valence-electron chi connectivity index (χ0n) is 14.7. The molecule has 0 heterocycles. The van der Waals surface area contributed by atoms with E-state index in [1.54, 1.807) is 6.08 Å². The fraction of sp³-hybridized carbons (Fsp3) is 0.762. The molecule has 0 radical (unpaired) electrons. The van der Waals surface area contributed by atoms with E-state index in [2.05, 4.69) is 19.9 Å². The van der Waals surface area contributed by atoms with Gasteiger partial charge in [0.05, 0.1) is 6.10 Å². The highest BCUT2D eigenvalue weighted by molar-refractivity contribution is 6.01. The Hall–Kier alpha value is -0.890. The van der Waals surface area contributed by atoms with Gasteiger partial charge in [-0.3, -0.25) is 4.79 Å². The van der Waals surface area contributed by atoms with Crippen LogP contribution in [0.4, 0.5) is 0 Å². The molecule has 4 aliphatic rings. The van der Waals surface area contributed by atoms with E-state index >= 15 is 0 Å². The number of aliphatic hydroxyl groups excluding tert-OH is 1. The third-order valence-electron chi connectivity index (χ3n) is 8.21. The van der Waals surface area contributed by atoms with Crippen LogP contribution < -0.4 is 0 Å². The standard InChI is InChI=1S/C21H30O2/c1-13(22)17-6-7-18-16-5-4-14-12-15(23)8-10-20(14,2)19(16)9-11-21(17,18)3/h8,10,12-13,16-19,22H,4-7,9,11H2,1-3H3/t13?,16-,17+,18-,19-,20-,21+/m0/s1. The first-order chi connectivity index (χ1) is 10.9. The van der Waals surface area contributed by atoms with E-state index in [0.29, 0.717) is 17.3 Å². The van der Waals surface area contributed by atoms with Crippen molar-refractivity contribution >= 4 is 5.78 Å². The van der Waals surface area contributed by atoms with Crippen LogP contribution in [0.25, 0.3) is 0 Å². The van der Waals surface area contributed by atoms with E-state index < -0.39 is 0 Å². The molecule has 1 unspecified atom stereocenters. The fourth-order valence-corrected chi connectivity index (χ4v) is 7.03. The van der Waals surface area contributed by atoms with Gasteiger partial charge in [0.15, 0.2) is 5.78 Å². The number of hydrogen-bond donors (Lipinski definition) is 1. The molecule has 2 heteroatoms. The highest BCUT2D eigenvalue weighted by Gasteiger charge is 2.58. The molecule has 2 nitrogen and oxygen atoms in total. The maximum absolute atomic E-state index is 11.8. The van der Waals surface area contributed by atoms with Crippen LogP contribution in [-0.2, 0) is 4.79 Å². The van der Waals surface area contributed by atoms with Crippen molar-refractivity contribution in [2.24, 2.45) is 34.5 Å². The van der Waals surface area contributed by atoms with Crippen LogP contribution in [0.1, 0.15) is 59.3 Å². The molecule has 0 aromatic rings. The number of allylic oxidation sites excluding steroid dienone is 4. The Morgan fingerprint density at radius 1 is 1.17 bits per heavy atom. The van der Waals surface area contributed by atoms with Gasteiger partial charge in [-0.2, -0.15) is 0 Å². The van der Waals surface area contributed by atoms with Crippen LogP contribution in [0, 0.1) is 34.5 Å². The molecule has 1 N–H and O–H groups in total. The van der Waals surface area contributed by atoms with Crippen molar-refractivity contribution in [2.45, 2.75) is 65.4 Å². The van der Waals surface area contributed by atoms with Crippen LogP contribution in [-0.4, -0.2) is 17.0 Å². The number of rotatable bonds is 1. The van der Waals surface area contributed by atoms with E-state index in [1.807, 2.05) is 13.0 Å². The molecular weight excluding hydrogens is 284 g/mol. The van der Waals surface area contributed by atoms with Crippen LogP contribution in [0.5, 0.6) is 0 Å². The average Bonchev–Trinajstić information content (AvgIpc) is 2.85. The molecule has 7 atom stereocenters. The molecule has 0 saturated heterocycles.